The van der Waals surface area contributed by atoms with Crippen molar-refractivity contribution in [2.75, 3.05) is 0 Å². The van der Waals surface area contributed by atoms with Gasteiger partial charge < -0.3 is 4.42 Å². The zero-order chi connectivity index (χ0) is 36.3. The summed E-state index contributed by atoms with van der Waals surface area (Å²) in [4.78, 5) is 10.2. The van der Waals surface area contributed by atoms with E-state index in [0.29, 0.717) is 5.82 Å². The van der Waals surface area contributed by atoms with Crippen LogP contribution in [0.25, 0.3) is 110 Å². The minimum Gasteiger partial charge on any atom is -0.455 e. The Morgan fingerprint density at radius 1 is 0.309 bits per heavy atom. The maximum Gasteiger partial charge on any atom is 0.160 e. The van der Waals surface area contributed by atoms with Crippen molar-refractivity contribution in [1.29, 1.82) is 0 Å². The van der Waals surface area contributed by atoms with Crippen LogP contribution in [0.15, 0.2) is 199 Å². The van der Waals surface area contributed by atoms with Crippen LogP contribution < -0.4 is 0 Å². The number of furan rings is 1. The second-order valence-corrected chi connectivity index (χ2v) is 14.1. The molecule has 0 aliphatic heterocycles. The fourth-order valence-corrected chi connectivity index (χ4v) is 8.11. The highest BCUT2D eigenvalue weighted by Crippen LogP contribution is 2.38. The van der Waals surface area contributed by atoms with Crippen molar-refractivity contribution in [3.8, 4) is 56.2 Å². The van der Waals surface area contributed by atoms with Crippen LogP contribution in [-0.4, -0.2) is 9.97 Å². The summed E-state index contributed by atoms with van der Waals surface area (Å²) in [5.74, 6) is 0.696. The highest BCUT2D eigenvalue weighted by molar-refractivity contribution is 6.15. The molecule has 0 spiro atoms. The van der Waals surface area contributed by atoms with Crippen LogP contribution in [0.5, 0.6) is 0 Å². The van der Waals surface area contributed by atoms with Gasteiger partial charge in [0.2, 0.25) is 0 Å². The van der Waals surface area contributed by atoms with Crippen LogP contribution in [0, 0.1) is 0 Å². The van der Waals surface area contributed by atoms with Crippen molar-refractivity contribution in [1.82, 2.24) is 9.97 Å². The van der Waals surface area contributed by atoms with E-state index in [-0.39, 0.29) is 0 Å². The van der Waals surface area contributed by atoms with Crippen molar-refractivity contribution < 1.29 is 4.42 Å². The Morgan fingerprint density at radius 3 is 1.64 bits per heavy atom. The average molecular weight is 701 g/mol. The first kappa shape index (κ1) is 31.2. The van der Waals surface area contributed by atoms with Gasteiger partial charge in [-0.15, -0.1) is 0 Å². The average Bonchev–Trinajstić information content (AvgIpc) is 3.65. The maximum atomic E-state index is 6.35. The fraction of sp³-hybridized carbons (Fsp3) is 0. The zero-order valence-electron chi connectivity index (χ0n) is 29.8. The third kappa shape index (κ3) is 5.36. The Bertz CT molecular complexity index is 3230. The zero-order valence-corrected chi connectivity index (χ0v) is 29.8. The van der Waals surface area contributed by atoms with Gasteiger partial charge in [0.15, 0.2) is 5.82 Å². The molecule has 11 rings (SSSR count). The summed E-state index contributed by atoms with van der Waals surface area (Å²) in [7, 11) is 0. The van der Waals surface area contributed by atoms with Gasteiger partial charge in [0.05, 0.1) is 11.4 Å². The van der Waals surface area contributed by atoms with Crippen LogP contribution >= 0.6 is 0 Å². The molecule has 0 fully saturated rings. The van der Waals surface area contributed by atoms with Crippen LogP contribution in [0.2, 0.25) is 0 Å². The molecule has 0 unspecified atom stereocenters. The normalized spacial score (nSPS) is 11.6. The van der Waals surface area contributed by atoms with Gasteiger partial charge in [0, 0.05) is 33.0 Å². The van der Waals surface area contributed by atoms with Crippen molar-refractivity contribution >= 4 is 54.3 Å². The van der Waals surface area contributed by atoms with Gasteiger partial charge in [-0.05, 0) is 73.3 Å². The Kier molecular flexibility index (Phi) is 7.17. The summed E-state index contributed by atoms with van der Waals surface area (Å²) in [5, 5.41) is 9.81. The lowest BCUT2D eigenvalue weighted by Gasteiger charge is -2.12. The second kappa shape index (κ2) is 12.6. The predicted molar refractivity (Wildman–Crippen MR) is 229 cm³/mol. The molecular weight excluding hydrogens is 669 g/mol. The van der Waals surface area contributed by atoms with Crippen LogP contribution in [-0.2, 0) is 0 Å². The van der Waals surface area contributed by atoms with Gasteiger partial charge in [-0.3, -0.25) is 0 Å². The van der Waals surface area contributed by atoms with E-state index in [0.717, 1.165) is 61.1 Å². The molecule has 0 atom stereocenters. The molecule has 11 aromatic rings. The summed E-state index contributed by atoms with van der Waals surface area (Å²) in [6.45, 7) is 0. The van der Waals surface area contributed by atoms with E-state index in [1.165, 1.54) is 43.4 Å². The summed E-state index contributed by atoms with van der Waals surface area (Å²) >= 11 is 0. The van der Waals surface area contributed by atoms with Crippen molar-refractivity contribution in [3.05, 3.63) is 194 Å². The lowest BCUT2D eigenvalue weighted by atomic mass is 9.93. The summed E-state index contributed by atoms with van der Waals surface area (Å²) < 4.78 is 6.35. The maximum absolute atomic E-state index is 6.35. The van der Waals surface area contributed by atoms with E-state index in [4.69, 9.17) is 14.4 Å². The Morgan fingerprint density at radius 2 is 0.891 bits per heavy atom. The predicted octanol–water partition coefficient (Wildman–Crippen LogP) is 14.2. The topological polar surface area (TPSA) is 38.9 Å². The van der Waals surface area contributed by atoms with E-state index in [1.807, 2.05) is 30.3 Å². The van der Waals surface area contributed by atoms with Gasteiger partial charge in [0.25, 0.3) is 0 Å². The standard InChI is InChI=1S/C52H32N2O/c1-2-10-37(11-3-1)52-53-48(32-49(54-52)36-26-22-34(23-27-36)42-16-9-18-46-45-14-6-7-19-50(45)55-51(42)46)35-24-20-33(21-25-35)41-15-8-17-43-44(41)29-28-40-30-38-12-4-5-13-39(38)31-47(40)43/h1-32H. The molecule has 0 aliphatic carbocycles. The van der Waals surface area contributed by atoms with Crippen molar-refractivity contribution in [2.24, 2.45) is 0 Å². The first-order chi connectivity index (χ1) is 27.2. The van der Waals surface area contributed by atoms with Crippen molar-refractivity contribution in [2.45, 2.75) is 0 Å². The number of para-hydroxylation sites is 2. The number of aromatic nitrogens is 2. The molecule has 0 bridgehead atoms. The molecule has 0 N–H and O–H groups in total. The lowest BCUT2D eigenvalue weighted by molar-refractivity contribution is 0.670. The van der Waals surface area contributed by atoms with E-state index < -0.39 is 0 Å². The van der Waals surface area contributed by atoms with Crippen LogP contribution in [0.3, 0.4) is 0 Å². The molecule has 9 aromatic carbocycles. The minimum absolute atomic E-state index is 0.696. The van der Waals surface area contributed by atoms with Gasteiger partial charge in [-0.2, -0.15) is 0 Å². The molecule has 0 aliphatic rings. The Balaban J connectivity index is 0.974. The number of nitrogens with zero attached hydrogens (tertiary/aromatic N) is 2. The minimum atomic E-state index is 0.696. The molecule has 3 nitrogen and oxygen atoms in total. The number of hydrogen-bond donors (Lipinski definition) is 0. The second-order valence-electron chi connectivity index (χ2n) is 14.1. The number of fused-ring (bicyclic) bond motifs is 7. The highest BCUT2D eigenvalue weighted by Gasteiger charge is 2.15. The molecule has 2 aromatic heterocycles. The summed E-state index contributed by atoms with van der Waals surface area (Å²) in [6, 6.07) is 68.6. The van der Waals surface area contributed by atoms with Gasteiger partial charge >= 0.3 is 0 Å². The van der Waals surface area contributed by atoms with Gasteiger partial charge in [0.1, 0.15) is 11.2 Å². The molecular formula is C52H32N2O. The largest absolute Gasteiger partial charge is 0.455 e. The fourth-order valence-electron chi connectivity index (χ4n) is 8.11. The molecule has 2 heterocycles. The molecule has 55 heavy (non-hydrogen) atoms. The summed E-state index contributed by atoms with van der Waals surface area (Å²) in [6.07, 6.45) is 0. The molecule has 256 valence electrons. The Labute approximate surface area is 317 Å². The highest BCUT2D eigenvalue weighted by atomic mass is 16.3. The van der Waals surface area contributed by atoms with E-state index in [1.54, 1.807) is 0 Å². The summed E-state index contributed by atoms with van der Waals surface area (Å²) in [5.41, 5.74) is 11.1. The number of rotatable bonds is 5. The third-order valence-corrected chi connectivity index (χ3v) is 10.9. The van der Waals surface area contributed by atoms with Crippen LogP contribution in [0.4, 0.5) is 0 Å². The SMILES string of the molecule is c1ccc(-c2nc(-c3ccc(-c4cccc5c4ccc4cc6ccccc6cc45)cc3)cc(-c3ccc(-c4cccc5c4oc4ccccc45)cc3)n2)cc1. The Hall–Kier alpha value is -7.36. The van der Waals surface area contributed by atoms with E-state index in [2.05, 4.69) is 164 Å². The van der Waals surface area contributed by atoms with Gasteiger partial charge in [-0.1, -0.05) is 170 Å². The first-order valence-corrected chi connectivity index (χ1v) is 18.6. The number of benzene rings is 9. The quantitative estimate of drug-likeness (QED) is 0.133. The van der Waals surface area contributed by atoms with Crippen molar-refractivity contribution in [3.63, 3.8) is 0 Å². The molecule has 0 saturated carbocycles. The lowest BCUT2D eigenvalue weighted by Crippen LogP contribution is -1.96. The molecule has 0 amide bonds. The molecule has 0 radical (unpaired) electrons. The third-order valence-electron chi connectivity index (χ3n) is 10.9. The smallest absolute Gasteiger partial charge is 0.160 e. The monoisotopic (exact) mass is 700 g/mol. The van der Waals surface area contributed by atoms with Gasteiger partial charge in [-0.25, -0.2) is 9.97 Å². The van der Waals surface area contributed by atoms with Crippen LogP contribution in [0.1, 0.15) is 0 Å². The van der Waals surface area contributed by atoms with E-state index >= 15 is 0 Å². The molecule has 3 heteroatoms. The number of hydrogen-bond acceptors (Lipinski definition) is 3. The van der Waals surface area contributed by atoms with E-state index in [9.17, 15) is 0 Å². The molecule has 0 saturated heterocycles. The first-order valence-electron chi connectivity index (χ1n) is 18.6.